The molecule has 0 amide bonds. The first-order chi connectivity index (χ1) is 11.9. The van der Waals surface area contributed by atoms with Crippen LogP contribution in [-0.2, 0) is 0 Å². The molecule has 1 saturated heterocycles. The monoisotopic (exact) mass is 313 g/mol. The summed E-state index contributed by atoms with van der Waals surface area (Å²) in [6.45, 7) is 2.10. The Morgan fingerprint density at radius 2 is 1.71 bits per heavy atom. The lowest BCUT2D eigenvalue weighted by Crippen LogP contribution is -2.30. The van der Waals surface area contributed by atoms with Gasteiger partial charge in [-0.15, -0.1) is 0 Å². The number of aromatic nitrogens is 1. The molecule has 3 heteroatoms. The Labute approximate surface area is 142 Å². The van der Waals surface area contributed by atoms with Crippen LogP contribution < -0.4 is 4.90 Å². The van der Waals surface area contributed by atoms with Crippen LogP contribution in [0.2, 0.25) is 0 Å². The van der Waals surface area contributed by atoms with Crippen molar-refractivity contribution < 1.29 is 0 Å². The third-order valence-corrected chi connectivity index (χ3v) is 4.70. The van der Waals surface area contributed by atoms with Crippen LogP contribution in [0.4, 0.5) is 5.82 Å². The zero-order valence-corrected chi connectivity index (χ0v) is 13.6. The lowest BCUT2D eigenvalue weighted by Gasteiger charge is -2.30. The van der Waals surface area contributed by atoms with E-state index >= 15 is 0 Å². The van der Waals surface area contributed by atoms with Gasteiger partial charge in [0.15, 0.2) is 0 Å². The molecule has 2 aromatic carbocycles. The Bertz CT molecular complexity index is 904. The predicted octanol–water partition coefficient (Wildman–Crippen LogP) is 4.76. The van der Waals surface area contributed by atoms with Crippen molar-refractivity contribution in [2.45, 2.75) is 19.3 Å². The third-order valence-electron chi connectivity index (χ3n) is 4.70. The number of benzene rings is 2. The minimum Gasteiger partial charge on any atom is -0.356 e. The highest BCUT2D eigenvalue weighted by atomic mass is 15.2. The van der Waals surface area contributed by atoms with Crippen LogP contribution in [-0.4, -0.2) is 18.1 Å². The molecule has 1 aliphatic rings. The Morgan fingerprint density at radius 3 is 2.46 bits per heavy atom. The summed E-state index contributed by atoms with van der Waals surface area (Å²) < 4.78 is 0. The number of rotatable bonds is 2. The number of fused-ring (bicyclic) bond motifs is 1. The largest absolute Gasteiger partial charge is 0.356 e. The van der Waals surface area contributed by atoms with Crippen LogP contribution >= 0.6 is 0 Å². The normalized spacial score (nSPS) is 14.5. The lowest BCUT2D eigenvalue weighted by molar-refractivity contribution is 0.574. The quantitative estimate of drug-likeness (QED) is 0.684. The van der Waals surface area contributed by atoms with Crippen molar-refractivity contribution in [3.05, 3.63) is 60.2 Å². The predicted molar refractivity (Wildman–Crippen MR) is 98.0 cm³/mol. The van der Waals surface area contributed by atoms with Crippen LogP contribution in [0.15, 0.2) is 54.6 Å². The second-order valence-corrected chi connectivity index (χ2v) is 6.26. The van der Waals surface area contributed by atoms with E-state index in [4.69, 9.17) is 4.98 Å². The maximum atomic E-state index is 9.43. The van der Waals surface area contributed by atoms with E-state index in [9.17, 15) is 5.26 Å². The second kappa shape index (κ2) is 6.33. The van der Waals surface area contributed by atoms with Gasteiger partial charge in [0.2, 0.25) is 0 Å². The van der Waals surface area contributed by atoms with Crippen molar-refractivity contribution in [3.63, 3.8) is 0 Å². The maximum absolute atomic E-state index is 9.43. The van der Waals surface area contributed by atoms with E-state index in [0.29, 0.717) is 5.56 Å². The van der Waals surface area contributed by atoms with E-state index in [-0.39, 0.29) is 0 Å². The maximum Gasteiger partial charge on any atom is 0.137 e. The van der Waals surface area contributed by atoms with Crippen molar-refractivity contribution in [2.75, 3.05) is 18.0 Å². The van der Waals surface area contributed by atoms with Crippen LogP contribution in [0, 0.1) is 11.3 Å². The molecular weight excluding hydrogens is 294 g/mol. The third kappa shape index (κ3) is 2.61. The molecule has 0 bridgehead atoms. The molecule has 0 saturated carbocycles. The first kappa shape index (κ1) is 14.7. The van der Waals surface area contributed by atoms with E-state index in [1.54, 1.807) is 0 Å². The van der Waals surface area contributed by atoms with Gasteiger partial charge in [0.25, 0.3) is 0 Å². The van der Waals surface area contributed by atoms with Crippen molar-refractivity contribution >= 4 is 16.7 Å². The minimum atomic E-state index is 0.683. The van der Waals surface area contributed by atoms with Crippen LogP contribution in [0.1, 0.15) is 24.8 Å². The molecule has 1 aromatic heterocycles. The molecule has 0 unspecified atom stereocenters. The Hall–Kier alpha value is -2.86. The van der Waals surface area contributed by atoms with Crippen LogP contribution in [0.3, 0.4) is 0 Å². The molecule has 1 aliphatic heterocycles. The van der Waals surface area contributed by atoms with E-state index in [1.165, 1.54) is 19.3 Å². The molecule has 0 N–H and O–H groups in total. The Kier molecular flexibility index (Phi) is 3.88. The zero-order chi connectivity index (χ0) is 16.4. The highest BCUT2D eigenvalue weighted by Gasteiger charge is 2.18. The molecule has 3 aromatic rings. The fraction of sp³-hybridized carbons (Fsp3) is 0.238. The molecule has 0 radical (unpaired) electrons. The summed E-state index contributed by atoms with van der Waals surface area (Å²) in [6, 6.07) is 20.6. The van der Waals surface area contributed by atoms with Crippen molar-refractivity contribution in [1.82, 2.24) is 4.98 Å². The van der Waals surface area contributed by atoms with Gasteiger partial charge in [-0.3, -0.25) is 0 Å². The lowest BCUT2D eigenvalue weighted by atomic mass is 10.0. The molecule has 118 valence electrons. The smallest absolute Gasteiger partial charge is 0.137 e. The number of nitriles is 1. The van der Waals surface area contributed by atoms with Gasteiger partial charge in [0.1, 0.15) is 5.82 Å². The number of hydrogen-bond donors (Lipinski definition) is 0. The van der Waals surface area contributed by atoms with Gasteiger partial charge in [-0.1, -0.05) is 36.4 Å². The highest BCUT2D eigenvalue weighted by Crippen LogP contribution is 2.34. The number of pyridine rings is 1. The summed E-state index contributed by atoms with van der Waals surface area (Å²) in [4.78, 5) is 7.35. The number of piperidine rings is 1. The van der Waals surface area contributed by atoms with E-state index in [1.807, 2.05) is 24.3 Å². The summed E-state index contributed by atoms with van der Waals surface area (Å²) in [5.41, 5.74) is 3.85. The molecular formula is C21H19N3. The Morgan fingerprint density at radius 1 is 0.917 bits per heavy atom. The van der Waals surface area contributed by atoms with Crippen LogP contribution in [0.25, 0.3) is 22.0 Å². The topological polar surface area (TPSA) is 39.9 Å². The molecule has 3 nitrogen and oxygen atoms in total. The summed E-state index contributed by atoms with van der Waals surface area (Å²) >= 11 is 0. The summed E-state index contributed by atoms with van der Waals surface area (Å²) in [5.74, 6) is 1.04. The summed E-state index contributed by atoms with van der Waals surface area (Å²) in [5, 5.41) is 10.4. The second-order valence-electron chi connectivity index (χ2n) is 6.26. The summed E-state index contributed by atoms with van der Waals surface area (Å²) in [7, 11) is 0. The first-order valence-corrected chi connectivity index (χ1v) is 8.51. The Balaban J connectivity index is 1.96. The van der Waals surface area contributed by atoms with Gasteiger partial charge >= 0.3 is 0 Å². The van der Waals surface area contributed by atoms with Crippen molar-refractivity contribution in [2.24, 2.45) is 0 Å². The number of nitrogens with zero attached hydrogens (tertiary/aromatic N) is 3. The van der Waals surface area contributed by atoms with Crippen molar-refractivity contribution in [1.29, 1.82) is 5.26 Å². The molecule has 0 spiro atoms. The highest BCUT2D eigenvalue weighted by molar-refractivity contribution is 5.93. The fourth-order valence-corrected chi connectivity index (χ4v) is 3.46. The minimum absolute atomic E-state index is 0.683. The van der Waals surface area contributed by atoms with Gasteiger partial charge in [0.05, 0.1) is 17.1 Å². The molecule has 1 fully saturated rings. The van der Waals surface area contributed by atoms with Gasteiger partial charge in [0, 0.05) is 24.0 Å². The molecule has 0 aliphatic carbocycles. The first-order valence-electron chi connectivity index (χ1n) is 8.51. The molecule has 24 heavy (non-hydrogen) atoms. The fourth-order valence-electron chi connectivity index (χ4n) is 3.46. The summed E-state index contributed by atoms with van der Waals surface area (Å²) in [6.07, 6.45) is 3.72. The molecule has 2 heterocycles. The average Bonchev–Trinajstić information content (AvgIpc) is 2.68. The van der Waals surface area contributed by atoms with E-state index in [2.05, 4.69) is 41.3 Å². The zero-order valence-electron chi connectivity index (χ0n) is 13.6. The standard InChI is InChI=1S/C21H19N3/c22-15-17-10-7-11-20-18(17)14-19(16-8-3-1-4-9-16)21(23-20)24-12-5-2-6-13-24/h1,3-4,7-11,14H,2,5-6,12-13H2. The van der Waals surface area contributed by atoms with Gasteiger partial charge in [-0.05, 0) is 43.0 Å². The van der Waals surface area contributed by atoms with Gasteiger partial charge < -0.3 is 4.90 Å². The van der Waals surface area contributed by atoms with E-state index < -0.39 is 0 Å². The van der Waals surface area contributed by atoms with Crippen LogP contribution in [0.5, 0.6) is 0 Å². The van der Waals surface area contributed by atoms with Gasteiger partial charge in [-0.2, -0.15) is 5.26 Å². The molecule has 4 rings (SSSR count). The average molecular weight is 313 g/mol. The van der Waals surface area contributed by atoms with Gasteiger partial charge in [-0.25, -0.2) is 4.98 Å². The number of hydrogen-bond acceptors (Lipinski definition) is 3. The number of anilines is 1. The SMILES string of the molecule is N#Cc1cccc2nc(N3CCCCC3)c(-c3ccccc3)cc12. The van der Waals surface area contributed by atoms with Crippen molar-refractivity contribution in [3.8, 4) is 17.2 Å². The molecule has 0 atom stereocenters. The van der Waals surface area contributed by atoms with E-state index in [0.717, 1.165) is 40.9 Å².